The number of amides is 1. The predicted octanol–water partition coefficient (Wildman–Crippen LogP) is 0.703. The Morgan fingerprint density at radius 1 is 0.900 bits per heavy atom. The third-order valence-corrected chi connectivity index (χ3v) is 3.44. The highest BCUT2D eigenvalue weighted by Gasteiger charge is 2.30. The Labute approximate surface area is 125 Å². The van der Waals surface area contributed by atoms with Crippen LogP contribution < -0.4 is 5.73 Å². The monoisotopic (exact) mass is 286 g/mol. The zero-order valence-electron chi connectivity index (χ0n) is 14.3. The molecule has 0 aliphatic carbocycles. The summed E-state index contributed by atoms with van der Waals surface area (Å²) in [7, 11) is 8.23. The molecule has 0 saturated heterocycles. The molecule has 0 heterocycles. The standard InChI is InChI=1S/C15H34N4O/c1-15(2,13-16)14(20)19(11-7-9-17(3)4)12-8-10-18(5)6/h7-13,16H2,1-6H3. The minimum Gasteiger partial charge on any atom is -0.342 e. The van der Waals surface area contributed by atoms with Gasteiger partial charge < -0.3 is 20.4 Å². The average Bonchev–Trinajstić information content (AvgIpc) is 2.35. The van der Waals surface area contributed by atoms with Crippen molar-refractivity contribution in [3.63, 3.8) is 0 Å². The molecule has 0 spiro atoms. The van der Waals surface area contributed by atoms with Crippen LogP contribution in [0.15, 0.2) is 0 Å². The summed E-state index contributed by atoms with van der Waals surface area (Å²) in [6, 6.07) is 0. The van der Waals surface area contributed by atoms with Gasteiger partial charge in [0, 0.05) is 19.6 Å². The molecule has 5 nitrogen and oxygen atoms in total. The highest BCUT2D eigenvalue weighted by atomic mass is 16.2. The molecule has 0 radical (unpaired) electrons. The van der Waals surface area contributed by atoms with Gasteiger partial charge in [0.2, 0.25) is 5.91 Å². The van der Waals surface area contributed by atoms with Gasteiger partial charge in [-0.15, -0.1) is 0 Å². The fourth-order valence-electron chi connectivity index (χ4n) is 1.99. The molecule has 0 unspecified atom stereocenters. The molecule has 0 atom stereocenters. The number of hydrogen-bond donors (Lipinski definition) is 1. The molecule has 5 heteroatoms. The molecule has 0 fully saturated rings. The van der Waals surface area contributed by atoms with Crippen molar-refractivity contribution in [3.8, 4) is 0 Å². The highest BCUT2D eigenvalue weighted by molar-refractivity contribution is 5.82. The number of nitrogens with two attached hydrogens (primary N) is 1. The molecule has 0 aromatic rings. The Balaban J connectivity index is 4.48. The van der Waals surface area contributed by atoms with E-state index in [0.717, 1.165) is 39.0 Å². The van der Waals surface area contributed by atoms with E-state index in [1.54, 1.807) is 0 Å². The zero-order chi connectivity index (χ0) is 15.8. The third-order valence-electron chi connectivity index (χ3n) is 3.44. The molecular weight excluding hydrogens is 252 g/mol. The summed E-state index contributed by atoms with van der Waals surface area (Å²) in [6.45, 7) is 7.88. The minimum absolute atomic E-state index is 0.178. The molecule has 2 N–H and O–H groups in total. The van der Waals surface area contributed by atoms with Crippen molar-refractivity contribution in [2.45, 2.75) is 26.7 Å². The Morgan fingerprint density at radius 2 is 1.30 bits per heavy atom. The average molecular weight is 286 g/mol. The van der Waals surface area contributed by atoms with Gasteiger partial charge in [0.15, 0.2) is 0 Å². The van der Waals surface area contributed by atoms with Crippen LogP contribution in [0.5, 0.6) is 0 Å². The molecular formula is C15H34N4O. The van der Waals surface area contributed by atoms with Gasteiger partial charge in [-0.05, 0) is 68.0 Å². The van der Waals surface area contributed by atoms with Crippen molar-refractivity contribution in [2.24, 2.45) is 11.1 Å². The lowest BCUT2D eigenvalue weighted by atomic mass is 9.91. The molecule has 0 aliphatic heterocycles. The lowest BCUT2D eigenvalue weighted by Gasteiger charge is -2.32. The Hall–Kier alpha value is -0.650. The van der Waals surface area contributed by atoms with Crippen molar-refractivity contribution in [1.29, 1.82) is 0 Å². The van der Waals surface area contributed by atoms with Crippen molar-refractivity contribution < 1.29 is 4.79 Å². The minimum atomic E-state index is -0.462. The van der Waals surface area contributed by atoms with E-state index < -0.39 is 5.41 Å². The lowest BCUT2D eigenvalue weighted by Crippen LogP contribution is -2.46. The summed E-state index contributed by atoms with van der Waals surface area (Å²) in [5.74, 6) is 0.178. The smallest absolute Gasteiger partial charge is 0.229 e. The first-order valence-electron chi connectivity index (χ1n) is 7.49. The topological polar surface area (TPSA) is 52.8 Å². The van der Waals surface area contributed by atoms with Crippen LogP contribution in [0, 0.1) is 5.41 Å². The molecule has 0 aliphatic rings. The maximum atomic E-state index is 12.6. The Kier molecular flexibility index (Phi) is 9.01. The van der Waals surface area contributed by atoms with Crippen molar-refractivity contribution >= 4 is 5.91 Å². The van der Waals surface area contributed by atoms with E-state index in [1.165, 1.54) is 0 Å². The molecule has 1 amide bonds. The van der Waals surface area contributed by atoms with Gasteiger partial charge in [-0.3, -0.25) is 4.79 Å². The normalized spacial score (nSPS) is 12.2. The van der Waals surface area contributed by atoms with Crippen molar-refractivity contribution in [1.82, 2.24) is 14.7 Å². The lowest BCUT2D eigenvalue weighted by molar-refractivity contribution is -0.140. The number of rotatable bonds is 10. The second-order valence-corrected chi connectivity index (χ2v) is 6.69. The van der Waals surface area contributed by atoms with Crippen LogP contribution in [0.2, 0.25) is 0 Å². The van der Waals surface area contributed by atoms with E-state index in [-0.39, 0.29) is 5.91 Å². The number of carbonyl (C=O) groups is 1. The molecule has 0 saturated carbocycles. The first kappa shape index (κ1) is 19.4. The molecule has 120 valence electrons. The molecule has 0 aromatic carbocycles. The maximum absolute atomic E-state index is 12.6. The van der Waals surface area contributed by atoms with Gasteiger partial charge in [-0.25, -0.2) is 0 Å². The van der Waals surface area contributed by atoms with E-state index in [0.29, 0.717) is 6.54 Å². The summed E-state index contributed by atoms with van der Waals surface area (Å²) >= 11 is 0. The van der Waals surface area contributed by atoms with Crippen molar-refractivity contribution in [3.05, 3.63) is 0 Å². The highest BCUT2D eigenvalue weighted by Crippen LogP contribution is 2.17. The predicted molar refractivity (Wildman–Crippen MR) is 85.8 cm³/mol. The Bertz CT molecular complexity index is 263. The van der Waals surface area contributed by atoms with Crippen LogP contribution in [0.25, 0.3) is 0 Å². The first-order valence-corrected chi connectivity index (χ1v) is 7.49. The van der Waals surface area contributed by atoms with Crippen LogP contribution in [-0.4, -0.2) is 81.5 Å². The van der Waals surface area contributed by atoms with E-state index in [1.807, 2.05) is 18.7 Å². The van der Waals surface area contributed by atoms with E-state index in [4.69, 9.17) is 5.73 Å². The summed E-state index contributed by atoms with van der Waals surface area (Å²) < 4.78 is 0. The van der Waals surface area contributed by atoms with E-state index in [9.17, 15) is 4.79 Å². The SMILES string of the molecule is CN(C)CCCN(CCCN(C)C)C(=O)C(C)(C)CN. The first-order chi connectivity index (χ1) is 9.20. The largest absolute Gasteiger partial charge is 0.342 e. The molecule has 20 heavy (non-hydrogen) atoms. The van der Waals surface area contributed by atoms with Gasteiger partial charge >= 0.3 is 0 Å². The second-order valence-electron chi connectivity index (χ2n) is 6.69. The van der Waals surface area contributed by atoms with Crippen LogP contribution >= 0.6 is 0 Å². The quantitative estimate of drug-likeness (QED) is 0.642. The summed E-state index contributed by atoms with van der Waals surface area (Å²) in [5.41, 5.74) is 5.27. The summed E-state index contributed by atoms with van der Waals surface area (Å²) in [6.07, 6.45) is 2.00. The number of carbonyl (C=O) groups excluding carboxylic acids is 1. The van der Waals surface area contributed by atoms with Gasteiger partial charge in [0.05, 0.1) is 5.41 Å². The molecule has 0 rings (SSSR count). The van der Waals surface area contributed by atoms with Crippen LogP contribution in [0.3, 0.4) is 0 Å². The van der Waals surface area contributed by atoms with Gasteiger partial charge in [0.25, 0.3) is 0 Å². The van der Waals surface area contributed by atoms with E-state index in [2.05, 4.69) is 38.0 Å². The van der Waals surface area contributed by atoms with Crippen LogP contribution in [0.1, 0.15) is 26.7 Å². The maximum Gasteiger partial charge on any atom is 0.229 e. The number of nitrogens with zero attached hydrogens (tertiary/aromatic N) is 3. The zero-order valence-corrected chi connectivity index (χ0v) is 14.3. The van der Waals surface area contributed by atoms with Gasteiger partial charge in [-0.1, -0.05) is 0 Å². The fraction of sp³-hybridized carbons (Fsp3) is 0.933. The second kappa shape index (κ2) is 9.32. The van der Waals surface area contributed by atoms with Gasteiger partial charge in [0.1, 0.15) is 0 Å². The number of hydrogen-bond acceptors (Lipinski definition) is 4. The summed E-state index contributed by atoms with van der Waals surface area (Å²) in [5, 5.41) is 0. The fourth-order valence-corrected chi connectivity index (χ4v) is 1.99. The third kappa shape index (κ3) is 7.82. The molecule has 0 aromatic heterocycles. The summed E-state index contributed by atoms with van der Waals surface area (Å²) in [4.78, 5) is 18.9. The van der Waals surface area contributed by atoms with E-state index >= 15 is 0 Å². The molecule has 0 bridgehead atoms. The van der Waals surface area contributed by atoms with Gasteiger partial charge in [-0.2, -0.15) is 0 Å². The van der Waals surface area contributed by atoms with Crippen LogP contribution in [-0.2, 0) is 4.79 Å². The van der Waals surface area contributed by atoms with Crippen molar-refractivity contribution in [2.75, 3.05) is 60.9 Å². The Morgan fingerprint density at radius 3 is 1.60 bits per heavy atom. The van der Waals surface area contributed by atoms with Crippen LogP contribution in [0.4, 0.5) is 0 Å².